The molecule has 0 aliphatic heterocycles. The van der Waals surface area contributed by atoms with Crippen molar-refractivity contribution in [2.24, 2.45) is 11.7 Å². The van der Waals surface area contributed by atoms with E-state index in [1.807, 2.05) is 0 Å². The molecule has 0 saturated heterocycles. The Balaban J connectivity index is 1.72. The predicted molar refractivity (Wildman–Crippen MR) is 75.8 cm³/mol. The molecule has 2 aliphatic rings. The number of nitrogens with one attached hydrogen (secondary N) is 1. The first kappa shape index (κ1) is 12.3. The maximum absolute atomic E-state index is 5.69. The van der Waals surface area contributed by atoms with E-state index in [1.54, 1.807) is 5.56 Å². The zero-order valence-electron chi connectivity index (χ0n) is 11.4. The van der Waals surface area contributed by atoms with Gasteiger partial charge in [0.05, 0.1) is 0 Å². The summed E-state index contributed by atoms with van der Waals surface area (Å²) in [5, 5.41) is 0. The fraction of sp³-hybridized carbons (Fsp3) is 0.750. The van der Waals surface area contributed by atoms with E-state index in [1.165, 1.54) is 69.2 Å². The van der Waals surface area contributed by atoms with Crippen LogP contribution in [0.25, 0.3) is 0 Å². The van der Waals surface area contributed by atoms with Gasteiger partial charge >= 0.3 is 0 Å². The van der Waals surface area contributed by atoms with E-state index in [0.29, 0.717) is 0 Å². The summed E-state index contributed by atoms with van der Waals surface area (Å²) in [6, 6.07) is 2.48. The first-order valence-electron chi connectivity index (χ1n) is 7.77. The standard InChI is InChI=1S/C16H26N2/c17-9-8-12-6-7-14-11-16(18-15(14)10-12)13-4-2-1-3-5-13/h11-13,18H,1-10,17H2. The van der Waals surface area contributed by atoms with Crippen molar-refractivity contribution in [3.05, 3.63) is 23.0 Å². The first-order valence-corrected chi connectivity index (χ1v) is 7.77. The van der Waals surface area contributed by atoms with E-state index >= 15 is 0 Å². The highest BCUT2D eigenvalue weighted by molar-refractivity contribution is 5.30. The molecule has 0 aromatic carbocycles. The summed E-state index contributed by atoms with van der Waals surface area (Å²) < 4.78 is 0. The molecule has 1 saturated carbocycles. The summed E-state index contributed by atoms with van der Waals surface area (Å²) in [5.74, 6) is 1.64. The van der Waals surface area contributed by atoms with E-state index in [2.05, 4.69) is 11.1 Å². The van der Waals surface area contributed by atoms with Crippen molar-refractivity contribution in [3.8, 4) is 0 Å². The predicted octanol–water partition coefficient (Wildman–Crippen LogP) is 3.52. The largest absolute Gasteiger partial charge is 0.362 e. The number of aryl methyl sites for hydroxylation is 1. The lowest BCUT2D eigenvalue weighted by Gasteiger charge is -2.21. The highest BCUT2D eigenvalue weighted by atomic mass is 14.7. The van der Waals surface area contributed by atoms with Crippen molar-refractivity contribution in [2.45, 2.75) is 63.7 Å². The van der Waals surface area contributed by atoms with Gasteiger partial charge in [0.2, 0.25) is 0 Å². The Labute approximate surface area is 110 Å². The van der Waals surface area contributed by atoms with Gasteiger partial charge in [0.15, 0.2) is 0 Å². The average Bonchev–Trinajstić information content (AvgIpc) is 2.83. The number of hydrogen-bond donors (Lipinski definition) is 2. The molecule has 3 N–H and O–H groups in total. The van der Waals surface area contributed by atoms with Crippen molar-refractivity contribution in [3.63, 3.8) is 0 Å². The number of fused-ring (bicyclic) bond motifs is 1. The summed E-state index contributed by atoms with van der Waals surface area (Å²) >= 11 is 0. The van der Waals surface area contributed by atoms with Gasteiger partial charge in [-0.2, -0.15) is 0 Å². The molecule has 1 fully saturated rings. The molecule has 0 amide bonds. The lowest BCUT2D eigenvalue weighted by molar-refractivity contribution is 0.425. The number of nitrogens with two attached hydrogens (primary N) is 1. The maximum Gasteiger partial charge on any atom is 0.0184 e. The summed E-state index contributed by atoms with van der Waals surface area (Å²) in [6.07, 6.45) is 12.1. The fourth-order valence-corrected chi connectivity index (χ4v) is 3.84. The van der Waals surface area contributed by atoms with Crippen molar-refractivity contribution in [2.75, 3.05) is 6.54 Å². The van der Waals surface area contributed by atoms with Crippen molar-refractivity contribution in [1.82, 2.24) is 4.98 Å². The molecule has 100 valence electrons. The molecular weight excluding hydrogens is 220 g/mol. The second-order valence-electron chi connectivity index (χ2n) is 6.25. The zero-order valence-corrected chi connectivity index (χ0v) is 11.4. The summed E-state index contributed by atoms with van der Waals surface area (Å²) in [7, 11) is 0. The van der Waals surface area contributed by atoms with Crippen molar-refractivity contribution in [1.29, 1.82) is 0 Å². The Hall–Kier alpha value is -0.760. The van der Waals surface area contributed by atoms with Crippen LogP contribution in [0, 0.1) is 5.92 Å². The van der Waals surface area contributed by atoms with Crippen LogP contribution < -0.4 is 5.73 Å². The summed E-state index contributed by atoms with van der Waals surface area (Å²) in [4.78, 5) is 3.75. The molecule has 1 heterocycles. The van der Waals surface area contributed by atoms with Gasteiger partial charge in [-0.05, 0) is 68.5 Å². The number of hydrogen-bond acceptors (Lipinski definition) is 1. The van der Waals surface area contributed by atoms with Crippen LogP contribution in [0.1, 0.15) is 67.8 Å². The topological polar surface area (TPSA) is 41.8 Å². The molecule has 0 radical (unpaired) electrons. The molecule has 2 aliphatic carbocycles. The molecule has 1 atom stereocenters. The normalized spacial score (nSPS) is 25.1. The Kier molecular flexibility index (Phi) is 3.74. The lowest BCUT2D eigenvalue weighted by Crippen LogP contribution is -2.17. The van der Waals surface area contributed by atoms with Crippen molar-refractivity contribution >= 4 is 0 Å². The maximum atomic E-state index is 5.69. The van der Waals surface area contributed by atoms with Crippen LogP contribution in [0.15, 0.2) is 6.07 Å². The van der Waals surface area contributed by atoms with Crippen LogP contribution in [-0.2, 0) is 12.8 Å². The van der Waals surface area contributed by atoms with Crippen LogP contribution >= 0.6 is 0 Å². The van der Waals surface area contributed by atoms with Gasteiger partial charge in [0.1, 0.15) is 0 Å². The van der Waals surface area contributed by atoms with Crippen molar-refractivity contribution < 1.29 is 0 Å². The second-order valence-corrected chi connectivity index (χ2v) is 6.25. The minimum atomic E-state index is 0.817. The number of H-pyrrole nitrogens is 1. The minimum Gasteiger partial charge on any atom is -0.362 e. The number of rotatable bonds is 3. The van der Waals surface area contributed by atoms with Crippen LogP contribution in [0.4, 0.5) is 0 Å². The smallest absolute Gasteiger partial charge is 0.0184 e. The zero-order chi connectivity index (χ0) is 12.4. The SMILES string of the molecule is NCCC1CCc2cc(C3CCCCC3)[nH]c2C1. The molecule has 0 bridgehead atoms. The fourth-order valence-electron chi connectivity index (χ4n) is 3.84. The molecule has 2 heteroatoms. The van der Waals surface area contributed by atoms with Gasteiger partial charge in [-0.1, -0.05) is 19.3 Å². The van der Waals surface area contributed by atoms with Crippen LogP contribution in [0.3, 0.4) is 0 Å². The molecule has 18 heavy (non-hydrogen) atoms. The van der Waals surface area contributed by atoms with Crippen LogP contribution in [0.2, 0.25) is 0 Å². The number of aromatic amines is 1. The highest BCUT2D eigenvalue weighted by Gasteiger charge is 2.23. The molecule has 1 aromatic heterocycles. The third-order valence-electron chi connectivity index (χ3n) is 4.95. The quantitative estimate of drug-likeness (QED) is 0.842. The van der Waals surface area contributed by atoms with Gasteiger partial charge in [-0.3, -0.25) is 0 Å². The molecule has 0 spiro atoms. The average molecular weight is 246 g/mol. The molecule has 3 rings (SSSR count). The lowest BCUT2D eigenvalue weighted by atomic mass is 9.85. The second kappa shape index (κ2) is 5.48. The van der Waals surface area contributed by atoms with E-state index in [4.69, 9.17) is 5.73 Å². The Morgan fingerprint density at radius 1 is 1.17 bits per heavy atom. The van der Waals surface area contributed by atoms with Gasteiger partial charge in [-0.15, -0.1) is 0 Å². The first-order chi connectivity index (χ1) is 8.86. The summed E-state index contributed by atoms with van der Waals surface area (Å²) in [5.41, 5.74) is 10.4. The van der Waals surface area contributed by atoms with Crippen LogP contribution in [0.5, 0.6) is 0 Å². The van der Waals surface area contributed by atoms with E-state index in [9.17, 15) is 0 Å². The Morgan fingerprint density at radius 3 is 2.78 bits per heavy atom. The molecule has 2 nitrogen and oxygen atoms in total. The van der Waals surface area contributed by atoms with Gasteiger partial charge in [0, 0.05) is 11.4 Å². The molecule has 1 unspecified atom stereocenters. The van der Waals surface area contributed by atoms with Crippen LogP contribution in [-0.4, -0.2) is 11.5 Å². The van der Waals surface area contributed by atoms with E-state index in [-0.39, 0.29) is 0 Å². The third-order valence-corrected chi connectivity index (χ3v) is 4.95. The van der Waals surface area contributed by atoms with E-state index in [0.717, 1.165) is 18.4 Å². The Morgan fingerprint density at radius 2 is 2.00 bits per heavy atom. The van der Waals surface area contributed by atoms with Gasteiger partial charge < -0.3 is 10.7 Å². The van der Waals surface area contributed by atoms with Gasteiger partial charge in [-0.25, -0.2) is 0 Å². The number of aromatic nitrogens is 1. The molecular formula is C16H26N2. The monoisotopic (exact) mass is 246 g/mol. The molecule has 1 aromatic rings. The Bertz CT molecular complexity index is 388. The van der Waals surface area contributed by atoms with E-state index < -0.39 is 0 Å². The summed E-state index contributed by atoms with van der Waals surface area (Å²) in [6.45, 7) is 0.843. The van der Waals surface area contributed by atoms with Gasteiger partial charge in [0.25, 0.3) is 0 Å². The minimum absolute atomic E-state index is 0.817. The third kappa shape index (κ3) is 2.49. The highest BCUT2D eigenvalue weighted by Crippen LogP contribution is 2.35.